The number of halogens is 1. The second-order valence-corrected chi connectivity index (χ2v) is 8.65. The summed E-state index contributed by atoms with van der Waals surface area (Å²) in [6, 6.07) is 18.9. The van der Waals surface area contributed by atoms with Crippen molar-refractivity contribution in [3.05, 3.63) is 89.7 Å². The maximum Gasteiger partial charge on any atom is 0.262 e. The number of benzene rings is 3. The molecule has 0 fully saturated rings. The van der Waals surface area contributed by atoms with Gasteiger partial charge in [0.1, 0.15) is 5.82 Å². The molecule has 7 heteroatoms. The first-order valence-electron chi connectivity index (χ1n) is 9.16. The Hall–Kier alpha value is -3.19. The predicted octanol–water partition coefficient (Wildman–Crippen LogP) is 4.22. The zero-order valence-corrected chi connectivity index (χ0v) is 16.5. The lowest BCUT2D eigenvalue weighted by Crippen LogP contribution is -2.35. The summed E-state index contributed by atoms with van der Waals surface area (Å²) in [4.78, 5) is 14.7. The van der Waals surface area contributed by atoms with Gasteiger partial charge in [0.05, 0.1) is 10.6 Å². The maximum atomic E-state index is 13.8. The summed E-state index contributed by atoms with van der Waals surface area (Å²) in [5.41, 5.74) is 2.03. The lowest BCUT2D eigenvalue weighted by molar-refractivity contribution is 0.0981. The number of nitrogens with zero attached hydrogens (tertiary/aromatic N) is 1. The van der Waals surface area contributed by atoms with Gasteiger partial charge in [0, 0.05) is 17.3 Å². The van der Waals surface area contributed by atoms with Crippen molar-refractivity contribution in [3.8, 4) is 0 Å². The number of hydrogen-bond acceptors (Lipinski definition) is 3. The van der Waals surface area contributed by atoms with Crippen molar-refractivity contribution in [2.24, 2.45) is 0 Å². The first-order chi connectivity index (χ1) is 13.9. The molecule has 3 aromatic rings. The van der Waals surface area contributed by atoms with E-state index in [1.165, 1.54) is 42.5 Å². The van der Waals surface area contributed by atoms with E-state index >= 15 is 0 Å². The molecular weight excluding hydrogens is 391 g/mol. The third kappa shape index (κ3) is 3.61. The summed E-state index contributed by atoms with van der Waals surface area (Å²) in [6.45, 7) is 1.96. The molecule has 0 spiro atoms. The fourth-order valence-electron chi connectivity index (χ4n) is 3.56. The second kappa shape index (κ2) is 7.33. The number of sulfonamides is 1. The molecule has 0 saturated carbocycles. The van der Waals surface area contributed by atoms with Gasteiger partial charge in [0.25, 0.3) is 15.9 Å². The van der Waals surface area contributed by atoms with Crippen LogP contribution in [0.1, 0.15) is 22.8 Å². The van der Waals surface area contributed by atoms with Gasteiger partial charge in [-0.3, -0.25) is 9.52 Å². The van der Waals surface area contributed by atoms with Crippen LogP contribution in [0.4, 0.5) is 15.8 Å². The van der Waals surface area contributed by atoms with Gasteiger partial charge in [0.2, 0.25) is 0 Å². The van der Waals surface area contributed by atoms with Gasteiger partial charge in [-0.15, -0.1) is 0 Å². The van der Waals surface area contributed by atoms with Crippen LogP contribution in [-0.4, -0.2) is 20.4 Å². The number of hydrogen-bond donors (Lipinski definition) is 1. The Morgan fingerprint density at radius 2 is 1.76 bits per heavy atom. The summed E-state index contributed by atoms with van der Waals surface area (Å²) in [5.74, 6) is -0.948. The Morgan fingerprint density at radius 3 is 2.55 bits per heavy atom. The smallest absolute Gasteiger partial charge is 0.262 e. The number of carbonyl (C=O) groups is 1. The topological polar surface area (TPSA) is 66.5 Å². The van der Waals surface area contributed by atoms with Crippen LogP contribution in [0.25, 0.3) is 0 Å². The minimum Gasteiger partial charge on any atom is -0.305 e. The number of nitrogens with one attached hydrogen (secondary N) is 1. The second-order valence-electron chi connectivity index (χ2n) is 6.97. The Balaban J connectivity index is 1.66. The van der Waals surface area contributed by atoms with Crippen LogP contribution >= 0.6 is 0 Å². The van der Waals surface area contributed by atoms with E-state index in [2.05, 4.69) is 4.72 Å². The lowest BCUT2D eigenvalue weighted by Gasteiger charge is -2.23. The van der Waals surface area contributed by atoms with Crippen molar-refractivity contribution in [3.63, 3.8) is 0 Å². The average Bonchev–Trinajstić information content (AvgIpc) is 3.05. The van der Waals surface area contributed by atoms with Crippen molar-refractivity contribution in [2.45, 2.75) is 24.3 Å². The zero-order valence-electron chi connectivity index (χ0n) is 15.7. The molecule has 4 rings (SSSR count). The Bertz CT molecular complexity index is 1190. The molecule has 1 atom stereocenters. The van der Waals surface area contributed by atoms with Crippen LogP contribution in [0, 0.1) is 5.82 Å². The lowest BCUT2D eigenvalue weighted by atomic mass is 10.1. The Labute approximate surface area is 168 Å². The van der Waals surface area contributed by atoms with E-state index in [0.717, 1.165) is 17.7 Å². The van der Waals surface area contributed by atoms with Gasteiger partial charge in [-0.25, -0.2) is 12.8 Å². The number of anilines is 2. The van der Waals surface area contributed by atoms with Crippen LogP contribution in [0.5, 0.6) is 0 Å². The van der Waals surface area contributed by atoms with Crippen molar-refractivity contribution in [1.29, 1.82) is 0 Å². The monoisotopic (exact) mass is 410 g/mol. The van der Waals surface area contributed by atoms with Crippen molar-refractivity contribution < 1.29 is 17.6 Å². The molecule has 0 aromatic heterocycles. The number of para-hydroxylation sites is 2. The normalized spacial score (nSPS) is 15.8. The number of rotatable bonds is 4. The molecule has 1 aliphatic heterocycles. The SMILES string of the molecule is C[C@H]1Cc2ccccc2N1C(=O)c1cccc(S(=O)(=O)Nc2ccccc2F)c1. The van der Waals surface area contributed by atoms with E-state index in [-0.39, 0.29) is 28.1 Å². The van der Waals surface area contributed by atoms with E-state index in [1.54, 1.807) is 11.0 Å². The molecule has 0 radical (unpaired) electrons. The molecule has 1 amide bonds. The molecule has 1 heterocycles. The highest BCUT2D eigenvalue weighted by molar-refractivity contribution is 7.92. The standard InChI is InChI=1S/C22H19FN2O3S/c1-15-13-16-7-2-5-12-21(16)25(15)22(26)17-8-6-9-18(14-17)29(27,28)24-20-11-4-3-10-19(20)23/h2-12,14-15,24H,13H2,1H3/t15-/m0/s1. The molecule has 0 saturated heterocycles. The van der Waals surface area contributed by atoms with Crippen LogP contribution in [0.2, 0.25) is 0 Å². The van der Waals surface area contributed by atoms with Crippen molar-refractivity contribution >= 4 is 27.3 Å². The summed E-state index contributed by atoms with van der Waals surface area (Å²) < 4.78 is 41.5. The fraction of sp³-hybridized carbons (Fsp3) is 0.136. The van der Waals surface area contributed by atoms with Crippen LogP contribution < -0.4 is 9.62 Å². The Kier molecular flexibility index (Phi) is 4.84. The molecule has 29 heavy (non-hydrogen) atoms. The first-order valence-corrected chi connectivity index (χ1v) is 10.6. The Morgan fingerprint density at radius 1 is 1.03 bits per heavy atom. The minimum absolute atomic E-state index is 0.0308. The van der Waals surface area contributed by atoms with E-state index in [4.69, 9.17) is 0 Å². The van der Waals surface area contributed by atoms with Gasteiger partial charge in [-0.05, 0) is 55.3 Å². The van der Waals surface area contributed by atoms with Gasteiger partial charge >= 0.3 is 0 Å². The van der Waals surface area contributed by atoms with E-state index in [1.807, 2.05) is 31.2 Å². The summed E-state index contributed by atoms with van der Waals surface area (Å²) in [5, 5.41) is 0. The molecule has 5 nitrogen and oxygen atoms in total. The highest BCUT2D eigenvalue weighted by Gasteiger charge is 2.31. The van der Waals surface area contributed by atoms with Gasteiger partial charge in [-0.1, -0.05) is 36.4 Å². The summed E-state index contributed by atoms with van der Waals surface area (Å²) in [6.07, 6.45) is 0.745. The quantitative estimate of drug-likeness (QED) is 0.700. The number of carbonyl (C=O) groups excluding carboxylic acids is 1. The van der Waals surface area contributed by atoms with Crippen LogP contribution in [0.3, 0.4) is 0 Å². The predicted molar refractivity (Wildman–Crippen MR) is 110 cm³/mol. The van der Waals surface area contributed by atoms with Crippen molar-refractivity contribution in [2.75, 3.05) is 9.62 Å². The van der Waals surface area contributed by atoms with E-state index in [0.29, 0.717) is 0 Å². The first kappa shape index (κ1) is 19.1. The molecule has 3 aromatic carbocycles. The fourth-order valence-corrected chi connectivity index (χ4v) is 4.67. The van der Waals surface area contributed by atoms with Crippen LogP contribution in [-0.2, 0) is 16.4 Å². The third-order valence-corrected chi connectivity index (χ3v) is 6.30. The van der Waals surface area contributed by atoms with Gasteiger partial charge in [0.15, 0.2) is 0 Å². The van der Waals surface area contributed by atoms with Crippen LogP contribution in [0.15, 0.2) is 77.7 Å². The molecule has 0 aliphatic carbocycles. The van der Waals surface area contributed by atoms with Gasteiger partial charge in [-0.2, -0.15) is 0 Å². The molecule has 0 unspecified atom stereocenters. The molecule has 1 N–H and O–H groups in total. The zero-order chi connectivity index (χ0) is 20.6. The van der Waals surface area contributed by atoms with Gasteiger partial charge < -0.3 is 4.90 Å². The summed E-state index contributed by atoms with van der Waals surface area (Å²) >= 11 is 0. The number of fused-ring (bicyclic) bond motifs is 1. The average molecular weight is 410 g/mol. The number of amides is 1. The highest BCUT2D eigenvalue weighted by Crippen LogP contribution is 2.33. The minimum atomic E-state index is -4.05. The van der Waals surface area contributed by atoms with E-state index < -0.39 is 15.8 Å². The molecule has 148 valence electrons. The maximum absolute atomic E-state index is 13.8. The third-order valence-electron chi connectivity index (χ3n) is 4.94. The van der Waals surface area contributed by atoms with Crippen molar-refractivity contribution in [1.82, 2.24) is 0 Å². The summed E-state index contributed by atoms with van der Waals surface area (Å²) in [7, 11) is -4.05. The van der Waals surface area contributed by atoms with E-state index in [9.17, 15) is 17.6 Å². The largest absolute Gasteiger partial charge is 0.305 e. The highest BCUT2D eigenvalue weighted by atomic mass is 32.2. The molecular formula is C22H19FN2O3S. The molecule has 0 bridgehead atoms. The molecule has 1 aliphatic rings.